The summed E-state index contributed by atoms with van der Waals surface area (Å²) in [6.07, 6.45) is 0. The second-order valence-electron chi connectivity index (χ2n) is 6.10. The predicted octanol–water partition coefficient (Wildman–Crippen LogP) is 4.68. The zero-order valence-corrected chi connectivity index (χ0v) is 15.8. The second kappa shape index (κ2) is 8.27. The minimum Gasteiger partial charge on any atom is -0.494 e. The van der Waals surface area contributed by atoms with E-state index in [9.17, 15) is 9.18 Å². The molecule has 27 heavy (non-hydrogen) atoms. The molecule has 4 nitrogen and oxygen atoms in total. The van der Waals surface area contributed by atoms with Crippen LogP contribution in [0.25, 0.3) is 10.8 Å². The van der Waals surface area contributed by atoms with Crippen LogP contribution < -0.4 is 9.47 Å². The molecule has 0 heterocycles. The molecule has 0 radical (unpaired) electrons. The van der Waals surface area contributed by atoms with Crippen molar-refractivity contribution in [2.24, 2.45) is 0 Å². The molecule has 0 unspecified atom stereocenters. The molecule has 0 aliphatic rings. The van der Waals surface area contributed by atoms with E-state index in [0.29, 0.717) is 16.3 Å². The molecule has 0 N–H and O–H groups in total. The van der Waals surface area contributed by atoms with Crippen molar-refractivity contribution in [2.75, 3.05) is 20.8 Å². The number of carbonyl (C=O) groups is 1. The zero-order valence-electron chi connectivity index (χ0n) is 15.0. The molecule has 0 aromatic heterocycles. The molecule has 140 valence electrons. The van der Waals surface area contributed by atoms with Gasteiger partial charge in [-0.1, -0.05) is 41.9 Å². The Balaban J connectivity index is 1.66. The van der Waals surface area contributed by atoms with Crippen molar-refractivity contribution < 1.29 is 18.7 Å². The number of carbonyl (C=O) groups excluding carboxylic acids is 1. The van der Waals surface area contributed by atoms with Crippen molar-refractivity contribution in [3.8, 4) is 11.5 Å². The average molecular weight is 388 g/mol. The highest BCUT2D eigenvalue weighted by molar-refractivity contribution is 6.35. The number of benzene rings is 3. The number of hydrogen-bond donors (Lipinski definition) is 0. The third kappa shape index (κ3) is 4.31. The Labute approximate surface area is 162 Å². The summed E-state index contributed by atoms with van der Waals surface area (Å²) in [6.45, 7) is 0.144. The zero-order chi connectivity index (χ0) is 19.4. The van der Waals surface area contributed by atoms with Crippen molar-refractivity contribution >= 4 is 28.3 Å². The number of halogens is 2. The van der Waals surface area contributed by atoms with E-state index in [2.05, 4.69) is 0 Å². The van der Waals surface area contributed by atoms with E-state index in [-0.39, 0.29) is 24.8 Å². The summed E-state index contributed by atoms with van der Waals surface area (Å²) in [5, 5.41) is 2.34. The molecule has 3 rings (SSSR count). The third-order valence-electron chi connectivity index (χ3n) is 4.24. The Bertz CT molecular complexity index is 977. The molecule has 0 spiro atoms. The van der Waals surface area contributed by atoms with Crippen LogP contribution >= 0.6 is 11.6 Å². The Morgan fingerprint density at radius 2 is 1.78 bits per heavy atom. The molecule has 0 saturated carbocycles. The summed E-state index contributed by atoms with van der Waals surface area (Å²) in [5.41, 5.74) is 0.668. The Morgan fingerprint density at radius 1 is 1.07 bits per heavy atom. The average Bonchev–Trinajstić information content (AvgIpc) is 2.67. The van der Waals surface area contributed by atoms with Crippen LogP contribution in [-0.4, -0.2) is 31.6 Å². The highest BCUT2D eigenvalue weighted by Crippen LogP contribution is 2.31. The fourth-order valence-corrected chi connectivity index (χ4v) is 3.01. The molecule has 0 atom stereocenters. The number of nitrogens with zero attached hydrogens (tertiary/aromatic N) is 1. The van der Waals surface area contributed by atoms with Gasteiger partial charge in [-0.2, -0.15) is 0 Å². The van der Waals surface area contributed by atoms with Gasteiger partial charge in [0.2, 0.25) is 0 Å². The Morgan fingerprint density at radius 3 is 2.48 bits per heavy atom. The molecular weight excluding hydrogens is 369 g/mol. The van der Waals surface area contributed by atoms with Crippen LogP contribution in [-0.2, 0) is 11.3 Å². The second-order valence-corrected chi connectivity index (χ2v) is 6.51. The van der Waals surface area contributed by atoms with Gasteiger partial charge in [0.15, 0.2) is 18.2 Å². The van der Waals surface area contributed by atoms with Gasteiger partial charge in [-0.3, -0.25) is 4.79 Å². The number of methoxy groups -OCH3 is 1. The topological polar surface area (TPSA) is 38.8 Å². The first-order valence-electron chi connectivity index (χ1n) is 8.36. The molecule has 0 aliphatic heterocycles. The number of amides is 1. The van der Waals surface area contributed by atoms with Gasteiger partial charge >= 0.3 is 0 Å². The lowest BCUT2D eigenvalue weighted by molar-refractivity contribution is -0.132. The van der Waals surface area contributed by atoms with Crippen LogP contribution in [0.1, 0.15) is 5.56 Å². The fraction of sp³-hybridized carbons (Fsp3) is 0.190. The van der Waals surface area contributed by atoms with Gasteiger partial charge in [0.05, 0.1) is 7.11 Å². The quantitative estimate of drug-likeness (QED) is 0.616. The summed E-state index contributed by atoms with van der Waals surface area (Å²) in [6, 6.07) is 15.7. The smallest absolute Gasteiger partial charge is 0.260 e. The van der Waals surface area contributed by atoms with E-state index in [0.717, 1.165) is 10.8 Å². The molecule has 0 saturated heterocycles. The first-order valence-corrected chi connectivity index (χ1v) is 8.74. The fourth-order valence-electron chi connectivity index (χ4n) is 2.78. The maximum Gasteiger partial charge on any atom is 0.260 e. The Kier molecular flexibility index (Phi) is 5.81. The third-order valence-corrected chi connectivity index (χ3v) is 4.57. The van der Waals surface area contributed by atoms with E-state index in [1.165, 1.54) is 18.1 Å². The number of rotatable bonds is 6. The maximum atomic E-state index is 13.8. The number of ether oxygens (including phenoxy) is 2. The molecular formula is C21H19ClFNO3. The number of fused-ring (bicyclic) bond motifs is 1. The first kappa shape index (κ1) is 19.0. The molecule has 6 heteroatoms. The largest absolute Gasteiger partial charge is 0.494 e. The Hall–Kier alpha value is -2.79. The first-order chi connectivity index (χ1) is 13.0. The predicted molar refractivity (Wildman–Crippen MR) is 104 cm³/mol. The van der Waals surface area contributed by atoms with Crippen LogP contribution in [0.5, 0.6) is 11.5 Å². The highest BCUT2D eigenvalue weighted by atomic mass is 35.5. The van der Waals surface area contributed by atoms with Gasteiger partial charge in [0.1, 0.15) is 5.75 Å². The van der Waals surface area contributed by atoms with Crippen molar-refractivity contribution in [1.29, 1.82) is 0 Å². The van der Waals surface area contributed by atoms with E-state index in [1.807, 2.05) is 24.3 Å². The summed E-state index contributed by atoms with van der Waals surface area (Å²) in [4.78, 5) is 13.9. The van der Waals surface area contributed by atoms with E-state index in [1.54, 1.807) is 31.3 Å². The van der Waals surface area contributed by atoms with Gasteiger partial charge in [0, 0.05) is 29.4 Å². The summed E-state index contributed by atoms with van der Waals surface area (Å²) in [7, 11) is 3.05. The van der Waals surface area contributed by atoms with Crippen molar-refractivity contribution in [1.82, 2.24) is 4.90 Å². The monoisotopic (exact) mass is 387 g/mol. The highest BCUT2D eigenvalue weighted by Gasteiger charge is 2.13. The van der Waals surface area contributed by atoms with Crippen molar-refractivity contribution in [2.45, 2.75) is 6.54 Å². The number of hydrogen-bond acceptors (Lipinski definition) is 3. The van der Waals surface area contributed by atoms with Crippen LogP contribution in [0.2, 0.25) is 5.02 Å². The van der Waals surface area contributed by atoms with Gasteiger partial charge < -0.3 is 14.4 Å². The van der Waals surface area contributed by atoms with E-state index in [4.69, 9.17) is 21.1 Å². The lowest BCUT2D eigenvalue weighted by Gasteiger charge is -2.18. The van der Waals surface area contributed by atoms with Gasteiger partial charge in [-0.05, 0) is 29.8 Å². The van der Waals surface area contributed by atoms with Crippen molar-refractivity contribution in [3.63, 3.8) is 0 Å². The van der Waals surface area contributed by atoms with Crippen LogP contribution in [0.4, 0.5) is 4.39 Å². The van der Waals surface area contributed by atoms with Gasteiger partial charge in [-0.15, -0.1) is 0 Å². The lowest BCUT2D eigenvalue weighted by atomic mass is 10.1. The maximum absolute atomic E-state index is 13.8. The van der Waals surface area contributed by atoms with Crippen LogP contribution in [0, 0.1) is 5.82 Å². The SMILES string of the molecule is COc1ccc(CN(C)C(=O)COc2ccc(Cl)c3ccccc23)cc1F. The van der Waals surface area contributed by atoms with E-state index >= 15 is 0 Å². The summed E-state index contributed by atoms with van der Waals surface area (Å²) >= 11 is 6.20. The standard InChI is InChI=1S/C21H19ClFNO3/c1-24(12-14-7-9-20(26-2)18(23)11-14)21(25)13-27-19-10-8-17(22)15-5-3-4-6-16(15)19/h3-11H,12-13H2,1-2H3. The molecule has 0 bridgehead atoms. The van der Waals surface area contributed by atoms with Gasteiger partial charge in [-0.25, -0.2) is 4.39 Å². The lowest BCUT2D eigenvalue weighted by Crippen LogP contribution is -2.31. The molecule has 0 fully saturated rings. The van der Waals surface area contributed by atoms with Crippen molar-refractivity contribution in [3.05, 3.63) is 71.0 Å². The molecule has 1 amide bonds. The van der Waals surface area contributed by atoms with Crippen LogP contribution in [0.3, 0.4) is 0 Å². The van der Waals surface area contributed by atoms with Gasteiger partial charge in [0.25, 0.3) is 5.91 Å². The van der Waals surface area contributed by atoms with Crippen LogP contribution in [0.15, 0.2) is 54.6 Å². The number of likely N-dealkylation sites (N-methyl/N-ethyl adjacent to an activating group) is 1. The molecule has 3 aromatic carbocycles. The molecule has 0 aliphatic carbocycles. The molecule has 3 aromatic rings. The minimum absolute atomic E-state index is 0.124. The minimum atomic E-state index is -0.459. The van der Waals surface area contributed by atoms with E-state index < -0.39 is 5.82 Å². The summed E-state index contributed by atoms with van der Waals surface area (Å²) in [5.74, 6) is 0.0860. The normalized spacial score (nSPS) is 10.7. The summed E-state index contributed by atoms with van der Waals surface area (Å²) < 4.78 is 24.4.